The van der Waals surface area contributed by atoms with E-state index >= 15 is 0 Å². The molecule has 4 nitrogen and oxygen atoms in total. The lowest BCUT2D eigenvalue weighted by atomic mass is 9.92. The van der Waals surface area contributed by atoms with Crippen LogP contribution in [-0.4, -0.2) is 28.1 Å². The highest BCUT2D eigenvalue weighted by molar-refractivity contribution is 5.91. The fraction of sp³-hybridized carbons (Fsp3) is 0.429. The van der Waals surface area contributed by atoms with E-state index in [4.69, 9.17) is 0 Å². The lowest BCUT2D eigenvalue weighted by Gasteiger charge is -2.27. The van der Waals surface area contributed by atoms with Gasteiger partial charge < -0.3 is 10.4 Å². The van der Waals surface area contributed by atoms with Crippen molar-refractivity contribution in [1.29, 1.82) is 0 Å². The molecule has 0 radical (unpaired) electrons. The van der Waals surface area contributed by atoms with Gasteiger partial charge in [0.15, 0.2) is 0 Å². The van der Waals surface area contributed by atoms with E-state index in [2.05, 4.69) is 10.3 Å². The number of hydrogen-bond acceptors (Lipinski definition) is 3. The summed E-state index contributed by atoms with van der Waals surface area (Å²) in [5, 5.41) is 12.7. The molecular formula is C14H20N2O2. The van der Waals surface area contributed by atoms with Crippen LogP contribution in [0.4, 0.5) is 0 Å². The number of rotatable bonds is 5. The van der Waals surface area contributed by atoms with Crippen LogP contribution < -0.4 is 5.32 Å². The summed E-state index contributed by atoms with van der Waals surface area (Å²) in [4.78, 5) is 15.5. The molecule has 0 unspecified atom stereocenters. The van der Waals surface area contributed by atoms with Gasteiger partial charge in [-0.25, -0.2) is 0 Å². The first-order chi connectivity index (χ1) is 8.42. The molecular weight excluding hydrogens is 228 g/mol. The van der Waals surface area contributed by atoms with E-state index in [0.717, 1.165) is 5.56 Å². The van der Waals surface area contributed by atoms with E-state index in [-0.39, 0.29) is 18.4 Å². The number of pyridine rings is 1. The monoisotopic (exact) mass is 248 g/mol. The fourth-order valence-electron chi connectivity index (χ4n) is 1.18. The molecule has 0 saturated carbocycles. The maximum absolute atomic E-state index is 11.6. The Morgan fingerprint density at radius 1 is 1.61 bits per heavy atom. The Labute approximate surface area is 108 Å². The normalized spacial score (nSPS) is 14.7. The Hall–Kier alpha value is -1.68. The van der Waals surface area contributed by atoms with Crippen LogP contribution in [0.3, 0.4) is 0 Å². The summed E-state index contributed by atoms with van der Waals surface area (Å²) >= 11 is 0. The fourth-order valence-corrected chi connectivity index (χ4v) is 1.18. The van der Waals surface area contributed by atoms with Crippen molar-refractivity contribution in [3.8, 4) is 0 Å². The van der Waals surface area contributed by atoms with Gasteiger partial charge in [-0.1, -0.05) is 19.9 Å². The molecule has 18 heavy (non-hydrogen) atoms. The number of aromatic nitrogens is 1. The van der Waals surface area contributed by atoms with E-state index in [9.17, 15) is 9.90 Å². The minimum Gasteiger partial charge on any atom is -0.388 e. The third kappa shape index (κ3) is 4.67. The number of aliphatic hydroxyl groups is 1. The van der Waals surface area contributed by atoms with E-state index in [1.165, 1.54) is 6.08 Å². The second-order valence-electron chi connectivity index (χ2n) is 4.85. The van der Waals surface area contributed by atoms with Gasteiger partial charge in [0, 0.05) is 25.0 Å². The average molecular weight is 248 g/mol. The van der Waals surface area contributed by atoms with Crippen molar-refractivity contribution in [3.63, 3.8) is 0 Å². The number of carbonyl (C=O) groups is 1. The summed E-state index contributed by atoms with van der Waals surface area (Å²) in [6.07, 6.45) is 6.48. The zero-order chi connectivity index (χ0) is 13.6. The SMILES string of the molecule is CC(C)[C@](C)(O)CNC(=O)/C=C/c1cccnc1. The van der Waals surface area contributed by atoms with Gasteiger partial charge in [-0.15, -0.1) is 0 Å². The smallest absolute Gasteiger partial charge is 0.244 e. The summed E-state index contributed by atoms with van der Waals surface area (Å²) in [5.74, 6) is -0.139. The summed E-state index contributed by atoms with van der Waals surface area (Å²) < 4.78 is 0. The van der Waals surface area contributed by atoms with Crippen LogP contribution in [0.2, 0.25) is 0 Å². The molecule has 0 aliphatic rings. The zero-order valence-corrected chi connectivity index (χ0v) is 11.1. The Morgan fingerprint density at radius 2 is 2.33 bits per heavy atom. The van der Waals surface area contributed by atoms with Gasteiger partial charge in [0.1, 0.15) is 0 Å². The van der Waals surface area contributed by atoms with Crippen molar-refractivity contribution >= 4 is 12.0 Å². The van der Waals surface area contributed by atoms with Crippen molar-refractivity contribution in [2.45, 2.75) is 26.4 Å². The van der Waals surface area contributed by atoms with Gasteiger partial charge in [0.2, 0.25) is 5.91 Å². The average Bonchev–Trinajstić information content (AvgIpc) is 2.35. The summed E-state index contributed by atoms with van der Waals surface area (Å²) in [7, 11) is 0. The van der Waals surface area contributed by atoms with Crippen LogP contribution in [0.15, 0.2) is 30.6 Å². The van der Waals surface area contributed by atoms with Crippen molar-refractivity contribution in [2.24, 2.45) is 5.92 Å². The molecule has 1 amide bonds. The topological polar surface area (TPSA) is 62.2 Å². The van der Waals surface area contributed by atoms with Gasteiger partial charge in [-0.2, -0.15) is 0 Å². The van der Waals surface area contributed by atoms with E-state index in [1.807, 2.05) is 19.9 Å². The molecule has 1 atom stereocenters. The predicted octanol–water partition coefficient (Wildman–Crippen LogP) is 1.62. The Morgan fingerprint density at radius 3 is 2.89 bits per heavy atom. The third-order valence-electron chi connectivity index (χ3n) is 2.98. The number of hydrogen-bond donors (Lipinski definition) is 2. The standard InChI is InChI=1S/C14H20N2O2/c1-11(2)14(3,18)10-16-13(17)7-6-12-5-4-8-15-9-12/h4-9,11,18H,10H2,1-3H3,(H,16,17)/b7-6+/t14-/m1/s1. The first kappa shape index (κ1) is 14.4. The molecule has 1 heterocycles. The Bertz CT molecular complexity index is 411. The maximum Gasteiger partial charge on any atom is 0.244 e. The first-order valence-electron chi connectivity index (χ1n) is 6.00. The molecule has 0 bridgehead atoms. The molecule has 1 aromatic rings. The number of nitrogens with zero attached hydrogens (tertiary/aromatic N) is 1. The zero-order valence-electron chi connectivity index (χ0n) is 11.1. The summed E-state index contributed by atoms with van der Waals surface area (Å²) in [5.41, 5.74) is -0.0269. The molecule has 1 aromatic heterocycles. The summed E-state index contributed by atoms with van der Waals surface area (Å²) in [6.45, 7) is 5.78. The van der Waals surface area contributed by atoms with Crippen molar-refractivity contribution in [2.75, 3.05) is 6.54 Å². The quantitative estimate of drug-likeness (QED) is 0.778. The highest BCUT2D eigenvalue weighted by Gasteiger charge is 2.24. The molecule has 98 valence electrons. The minimum atomic E-state index is -0.891. The van der Waals surface area contributed by atoms with Gasteiger partial charge >= 0.3 is 0 Å². The maximum atomic E-state index is 11.6. The van der Waals surface area contributed by atoms with Crippen molar-refractivity contribution < 1.29 is 9.90 Å². The molecule has 4 heteroatoms. The van der Waals surface area contributed by atoms with Crippen LogP contribution in [0.1, 0.15) is 26.3 Å². The molecule has 0 fully saturated rings. The van der Waals surface area contributed by atoms with Crippen LogP contribution in [0.5, 0.6) is 0 Å². The van der Waals surface area contributed by atoms with Crippen LogP contribution in [0, 0.1) is 5.92 Å². The Kier molecular flexibility index (Phi) is 5.04. The number of nitrogens with one attached hydrogen (secondary N) is 1. The number of carbonyl (C=O) groups excluding carboxylic acids is 1. The van der Waals surface area contributed by atoms with Crippen molar-refractivity contribution in [1.82, 2.24) is 10.3 Å². The van der Waals surface area contributed by atoms with Gasteiger partial charge in [0.05, 0.1) is 5.60 Å². The number of amides is 1. The van der Waals surface area contributed by atoms with Crippen LogP contribution in [0.25, 0.3) is 6.08 Å². The largest absolute Gasteiger partial charge is 0.388 e. The molecule has 0 aliphatic heterocycles. The van der Waals surface area contributed by atoms with E-state index in [1.54, 1.807) is 31.5 Å². The van der Waals surface area contributed by atoms with E-state index in [0.29, 0.717) is 0 Å². The third-order valence-corrected chi connectivity index (χ3v) is 2.98. The lowest BCUT2D eigenvalue weighted by Crippen LogP contribution is -2.43. The van der Waals surface area contributed by atoms with E-state index < -0.39 is 5.60 Å². The molecule has 2 N–H and O–H groups in total. The van der Waals surface area contributed by atoms with Crippen molar-refractivity contribution in [3.05, 3.63) is 36.2 Å². The van der Waals surface area contributed by atoms with Crippen LogP contribution in [-0.2, 0) is 4.79 Å². The minimum absolute atomic E-state index is 0.0834. The van der Waals surface area contributed by atoms with Gasteiger partial charge in [0.25, 0.3) is 0 Å². The van der Waals surface area contributed by atoms with Gasteiger partial charge in [-0.05, 0) is 30.5 Å². The van der Waals surface area contributed by atoms with Gasteiger partial charge in [-0.3, -0.25) is 9.78 Å². The molecule has 1 rings (SSSR count). The summed E-state index contributed by atoms with van der Waals surface area (Å²) in [6, 6.07) is 3.67. The first-order valence-corrected chi connectivity index (χ1v) is 6.00. The Balaban J connectivity index is 2.46. The molecule has 0 aliphatic carbocycles. The molecule has 0 aromatic carbocycles. The second kappa shape index (κ2) is 6.31. The predicted molar refractivity (Wildman–Crippen MR) is 71.7 cm³/mol. The highest BCUT2D eigenvalue weighted by atomic mass is 16.3. The highest BCUT2D eigenvalue weighted by Crippen LogP contribution is 2.14. The molecule has 0 saturated heterocycles. The van der Waals surface area contributed by atoms with Crippen LogP contribution >= 0.6 is 0 Å². The second-order valence-corrected chi connectivity index (χ2v) is 4.85. The molecule has 0 spiro atoms. The lowest BCUT2D eigenvalue weighted by molar-refractivity contribution is -0.118.